The Morgan fingerprint density at radius 2 is 1.96 bits per heavy atom. The maximum absolute atomic E-state index is 13.1. The number of carbonyl (C=O) groups excluding carboxylic acids is 1. The predicted octanol–water partition coefficient (Wildman–Crippen LogP) is 4.63. The molecule has 5 nitrogen and oxygen atoms in total. The van der Waals surface area contributed by atoms with E-state index in [1.807, 2.05) is 30.5 Å². The summed E-state index contributed by atoms with van der Waals surface area (Å²) < 4.78 is 27.6. The Morgan fingerprint density at radius 1 is 1.21 bits per heavy atom. The minimum Gasteiger partial charge on any atom is -0.326 e. The third-order valence-electron chi connectivity index (χ3n) is 4.77. The number of halogens is 1. The summed E-state index contributed by atoms with van der Waals surface area (Å²) in [6.07, 6.45) is 4.48. The average molecular weight is 439 g/mol. The Bertz CT molecular complexity index is 933. The fraction of sp³-hybridized carbons (Fsp3) is 0.350. The van der Waals surface area contributed by atoms with E-state index in [1.54, 1.807) is 23.9 Å². The molecule has 0 bridgehead atoms. The summed E-state index contributed by atoms with van der Waals surface area (Å²) in [6.45, 7) is 0.421. The van der Waals surface area contributed by atoms with Crippen molar-refractivity contribution in [3.05, 3.63) is 53.6 Å². The largest absolute Gasteiger partial charge is 0.326 e. The van der Waals surface area contributed by atoms with Gasteiger partial charge in [-0.15, -0.1) is 11.8 Å². The molecule has 2 aromatic carbocycles. The van der Waals surface area contributed by atoms with Crippen LogP contribution in [-0.2, 0) is 14.8 Å². The second kappa shape index (κ2) is 9.31. The van der Waals surface area contributed by atoms with E-state index in [9.17, 15) is 13.2 Å². The summed E-state index contributed by atoms with van der Waals surface area (Å²) in [5.74, 6) is -0.179. The van der Waals surface area contributed by atoms with Crippen molar-refractivity contribution < 1.29 is 13.2 Å². The highest BCUT2D eigenvalue weighted by Crippen LogP contribution is 2.28. The van der Waals surface area contributed by atoms with Crippen LogP contribution in [0.4, 0.5) is 5.69 Å². The van der Waals surface area contributed by atoms with Crippen molar-refractivity contribution in [1.82, 2.24) is 4.31 Å². The maximum atomic E-state index is 13.1. The van der Waals surface area contributed by atoms with Crippen LogP contribution in [0.2, 0.25) is 5.02 Å². The number of piperidine rings is 1. The van der Waals surface area contributed by atoms with E-state index in [1.165, 1.54) is 16.4 Å². The molecule has 1 saturated heterocycles. The molecule has 2 aromatic rings. The van der Waals surface area contributed by atoms with Gasteiger partial charge in [0.2, 0.25) is 15.9 Å². The molecule has 0 aliphatic carbocycles. The van der Waals surface area contributed by atoms with Crippen molar-refractivity contribution in [3.63, 3.8) is 0 Å². The van der Waals surface area contributed by atoms with Crippen molar-refractivity contribution in [2.24, 2.45) is 0 Å². The van der Waals surface area contributed by atoms with E-state index >= 15 is 0 Å². The van der Waals surface area contributed by atoms with Gasteiger partial charge < -0.3 is 5.32 Å². The fourth-order valence-electron chi connectivity index (χ4n) is 3.36. The number of sulfonamides is 1. The summed E-state index contributed by atoms with van der Waals surface area (Å²) in [4.78, 5) is 13.8. The molecule has 1 heterocycles. The van der Waals surface area contributed by atoms with Crippen LogP contribution in [0, 0.1) is 0 Å². The summed E-state index contributed by atoms with van der Waals surface area (Å²) in [5.41, 5.74) is 0.722. The number of hydrogen-bond donors (Lipinski definition) is 1. The van der Waals surface area contributed by atoms with Gasteiger partial charge in [0.05, 0.1) is 4.90 Å². The first-order valence-electron chi connectivity index (χ1n) is 9.11. The lowest BCUT2D eigenvalue weighted by Crippen LogP contribution is -2.45. The fourth-order valence-corrected chi connectivity index (χ4v) is 5.64. The van der Waals surface area contributed by atoms with Crippen LogP contribution in [-0.4, -0.2) is 37.5 Å². The minimum atomic E-state index is -3.67. The van der Waals surface area contributed by atoms with Gasteiger partial charge in [0.15, 0.2) is 0 Å². The maximum Gasteiger partial charge on any atom is 0.243 e. The van der Waals surface area contributed by atoms with Gasteiger partial charge in [-0.25, -0.2) is 8.42 Å². The van der Waals surface area contributed by atoms with E-state index in [0.717, 1.165) is 23.4 Å². The summed E-state index contributed by atoms with van der Waals surface area (Å²) in [7, 11) is -3.67. The number of carbonyl (C=O) groups is 1. The SMILES string of the molecule is CSc1cccc(NC(=O)C[C@H]2CCCCN2S(=O)(=O)c2ccc(Cl)cc2)c1. The van der Waals surface area contributed by atoms with Gasteiger partial charge in [-0.2, -0.15) is 4.31 Å². The normalized spacial score (nSPS) is 18.0. The molecule has 0 radical (unpaired) electrons. The Labute approximate surface area is 175 Å². The molecule has 1 amide bonds. The molecule has 1 fully saturated rings. The first kappa shape index (κ1) is 21.2. The number of thioether (sulfide) groups is 1. The zero-order chi connectivity index (χ0) is 20.1. The van der Waals surface area contributed by atoms with Crippen LogP contribution in [0.3, 0.4) is 0 Å². The van der Waals surface area contributed by atoms with E-state index in [0.29, 0.717) is 18.0 Å². The molecule has 0 aromatic heterocycles. The number of hydrogen-bond acceptors (Lipinski definition) is 4. The number of nitrogens with zero attached hydrogens (tertiary/aromatic N) is 1. The second-order valence-electron chi connectivity index (χ2n) is 6.70. The van der Waals surface area contributed by atoms with Crippen molar-refractivity contribution in [2.45, 2.75) is 41.5 Å². The molecule has 1 aliphatic rings. The van der Waals surface area contributed by atoms with Crippen LogP contribution >= 0.6 is 23.4 Å². The number of anilines is 1. The number of amides is 1. The number of benzene rings is 2. The molecule has 0 spiro atoms. The Morgan fingerprint density at radius 3 is 2.68 bits per heavy atom. The molecule has 0 saturated carbocycles. The highest BCUT2D eigenvalue weighted by atomic mass is 35.5. The Hall–Kier alpha value is -1.54. The molecule has 1 aliphatic heterocycles. The van der Waals surface area contributed by atoms with Crippen LogP contribution in [0.15, 0.2) is 58.3 Å². The monoisotopic (exact) mass is 438 g/mol. The second-order valence-corrected chi connectivity index (χ2v) is 9.91. The van der Waals surface area contributed by atoms with E-state index in [4.69, 9.17) is 11.6 Å². The molecular formula is C20H23ClN2O3S2. The molecular weight excluding hydrogens is 416 g/mol. The number of rotatable bonds is 6. The summed E-state index contributed by atoms with van der Waals surface area (Å²) in [5, 5.41) is 3.38. The van der Waals surface area contributed by atoms with Crippen LogP contribution in [0.1, 0.15) is 25.7 Å². The summed E-state index contributed by atoms with van der Waals surface area (Å²) >= 11 is 7.48. The van der Waals surface area contributed by atoms with Crippen molar-refractivity contribution in [2.75, 3.05) is 18.1 Å². The Kier molecular flexibility index (Phi) is 7.04. The van der Waals surface area contributed by atoms with Crippen LogP contribution in [0.5, 0.6) is 0 Å². The highest BCUT2D eigenvalue weighted by molar-refractivity contribution is 7.98. The smallest absolute Gasteiger partial charge is 0.243 e. The molecule has 150 valence electrons. The van der Waals surface area contributed by atoms with Gasteiger partial charge in [0.25, 0.3) is 0 Å². The van der Waals surface area contributed by atoms with E-state index in [2.05, 4.69) is 5.32 Å². The van der Waals surface area contributed by atoms with Gasteiger partial charge in [0.1, 0.15) is 0 Å². The van der Waals surface area contributed by atoms with Crippen molar-refractivity contribution >= 4 is 45.0 Å². The average Bonchev–Trinajstić information content (AvgIpc) is 2.68. The highest BCUT2D eigenvalue weighted by Gasteiger charge is 2.34. The molecule has 1 N–H and O–H groups in total. The Balaban J connectivity index is 1.73. The van der Waals surface area contributed by atoms with Crippen LogP contribution < -0.4 is 5.32 Å². The minimum absolute atomic E-state index is 0.135. The first-order chi connectivity index (χ1) is 13.4. The van der Waals surface area contributed by atoms with E-state index < -0.39 is 10.0 Å². The number of nitrogens with one attached hydrogen (secondary N) is 1. The van der Waals surface area contributed by atoms with Gasteiger partial charge >= 0.3 is 0 Å². The summed E-state index contributed by atoms with van der Waals surface area (Å²) in [6, 6.07) is 13.4. The van der Waals surface area contributed by atoms with Crippen molar-refractivity contribution in [1.29, 1.82) is 0 Å². The molecule has 1 atom stereocenters. The van der Waals surface area contributed by atoms with Gasteiger partial charge in [-0.1, -0.05) is 24.1 Å². The van der Waals surface area contributed by atoms with Crippen LogP contribution in [0.25, 0.3) is 0 Å². The first-order valence-corrected chi connectivity index (χ1v) is 12.2. The van der Waals surface area contributed by atoms with Gasteiger partial charge in [-0.3, -0.25) is 4.79 Å². The zero-order valence-corrected chi connectivity index (χ0v) is 18.0. The molecule has 8 heteroatoms. The topological polar surface area (TPSA) is 66.5 Å². The lowest BCUT2D eigenvalue weighted by Gasteiger charge is -2.34. The quantitative estimate of drug-likeness (QED) is 0.667. The van der Waals surface area contributed by atoms with E-state index in [-0.39, 0.29) is 23.3 Å². The van der Waals surface area contributed by atoms with Gasteiger partial charge in [0, 0.05) is 34.6 Å². The predicted molar refractivity (Wildman–Crippen MR) is 114 cm³/mol. The third-order valence-corrected chi connectivity index (χ3v) is 7.71. The van der Waals surface area contributed by atoms with Crippen molar-refractivity contribution in [3.8, 4) is 0 Å². The standard InChI is InChI=1S/C20H23ClN2O3S2/c1-27-18-7-4-5-16(13-18)22-20(24)14-17-6-2-3-12-23(17)28(25,26)19-10-8-15(21)9-11-19/h4-5,7-11,13,17H,2-3,6,12,14H2,1H3,(H,22,24)/t17-/m1/s1. The lowest BCUT2D eigenvalue weighted by molar-refractivity contribution is -0.117. The lowest BCUT2D eigenvalue weighted by atomic mass is 10.0. The van der Waals surface area contributed by atoms with Gasteiger partial charge in [-0.05, 0) is 61.6 Å². The third kappa shape index (κ3) is 5.08. The molecule has 3 rings (SSSR count). The molecule has 28 heavy (non-hydrogen) atoms. The zero-order valence-electron chi connectivity index (χ0n) is 15.6. The molecule has 0 unspecified atom stereocenters.